The first-order valence-electron chi connectivity index (χ1n) is 8.47. The summed E-state index contributed by atoms with van der Waals surface area (Å²) >= 11 is 0. The summed E-state index contributed by atoms with van der Waals surface area (Å²) in [6.07, 6.45) is 0.493. The van der Waals surface area contributed by atoms with E-state index in [1.807, 2.05) is 20.8 Å². The molecule has 2 N–H and O–H groups in total. The fraction of sp³-hybridized carbons (Fsp3) is 0.350. The average Bonchev–Trinajstić information content (AvgIpc) is 2.99. The average molecular weight is 349 g/mol. The van der Waals surface area contributed by atoms with E-state index in [4.69, 9.17) is 5.73 Å². The molecule has 0 aromatic heterocycles. The topological polar surface area (TPSA) is 89.2 Å². The third-order valence-corrected chi connectivity index (χ3v) is 5.46. The summed E-state index contributed by atoms with van der Waals surface area (Å²) in [5.41, 5.74) is 10.6. The molecule has 5 nitrogen and oxygen atoms in total. The first-order valence-corrected chi connectivity index (χ1v) is 8.47. The highest BCUT2D eigenvalue weighted by atomic mass is 19.1. The number of hydrogen-bond donors (Lipinski definition) is 1. The minimum atomic E-state index is -0.731. The van der Waals surface area contributed by atoms with Crippen molar-refractivity contribution < 1.29 is 4.39 Å². The Morgan fingerprint density at radius 3 is 2.35 bits per heavy atom. The van der Waals surface area contributed by atoms with E-state index in [9.17, 15) is 10.5 Å². The third kappa shape index (κ3) is 2.30. The lowest BCUT2D eigenvalue weighted by Crippen LogP contribution is -2.26. The van der Waals surface area contributed by atoms with Crippen molar-refractivity contribution in [1.29, 1.82) is 10.5 Å². The summed E-state index contributed by atoms with van der Waals surface area (Å²) in [7, 11) is 1.80. The molecule has 3 rings (SSSR count). The quantitative estimate of drug-likeness (QED) is 0.887. The number of amidine groups is 1. The number of allylic oxidation sites excluding steroid dienone is 4. The zero-order valence-electron chi connectivity index (χ0n) is 15.3. The van der Waals surface area contributed by atoms with Gasteiger partial charge >= 0.3 is 0 Å². The molecule has 6 heteroatoms. The molecule has 2 heterocycles. The van der Waals surface area contributed by atoms with Crippen molar-refractivity contribution >= 4 is 5.84 Å². The van der Waals surface area contributed by atoms with Gasteiger partial charge in [-0.2, -0.15) is 10.5 Å². The second-order valence-electron chi connectivity index (χ2n) is 6.55. The molecule has 0 radical (unpaired) electrons. The Balaban J connectivity index is 2.35. The highest BCUT2D eigenvalue weighted by Gasteiger charge is 2.35. The monoisotopic (exact) mass is 349 g/mol. The fourth-order valence-electron chi connectivity index (χ4n) is 3.79. The largest absolute Gasteiger partial charge is 0.383 e. The maximum absolute atomic E-state index is 15.4. The number of nitrogens with two attached hydrogens (primary N) is 1. The summed E-state index contributed by atoms with van der Waals surface area (Å²) in [4.78, 5) is 6.03. The SMILES string of the molecule is CCc1c(F)c(C2C(C#N)=C(C)N(C)C(C)=C2C#N)cc2c1CN=C2N. The summed E-state index contributed by atoms with van der Waals surface area (Å²) in [5, 5.41) is 19.5. The molecule has 0 spiro atoms. The summed E-state index contributed by atoms with van der Waals surface area (Å²) in [6.45, 7) is 5.87. The van der Waals surface area contributed by atoms with Crippen LogP contribution in [0.4, 0.5) is 4.39 Å². The van der Waals surface area contributed by atoms with Gasteiger partial charge in [0, 0.05) is 29.6 Å². The fourth-order valence-corrected chi connectivity index (χ4v) is 3.79. The summed E-state index contributed by atoms with van der Waals surface area (Å²) in [6, 6.07) is 6.04. The van der Waals surface area contributed by atoms with Crippen molar-refractivity contribution in [2.45, 2.75) is 39.7 Å². The molecule has 0 atom stereocenters. The van der Waals surface area contributed by atoms with Crippen molar-refractivity contribution in [1.82, 2.24) is 4.90 Å². The molecule has 1 aromatic carbocycles. The summed E-state index contributed by atoms with van der Waals surface area (Å²) < 4.78 is 15.4. The first kappa shape index (κ1) is 17.7. The molecular weight excluding hydrogens is 329 g/mol. The summed E-state index contributed by atoms with van der Waals surface area (Å²) in [5.74, 6) is -0.723. The van der Waals surface area contributed by atoms with Crippen LogP contribution in [0, 0.1) is 28.5 Å². The zero-order valence-corrected chi connectivity index (χ0v) is 15.3. The van der Waals surface area contributed by atoms with Gasteiger partial charge in [-0.05, 0) is 37.5 Å². The molecule has 0 aliphatic carbocycles. The standard InChI is InChI=1S/C20H20FN5/c1-5-12-17-9-25-20(24)13(17)6-14(19(12)21)18-15(7-22)10(2)26(4)11(3)16(18)8-23/h6,18H,5,9H2,1-4H3,(H2,24,25). The number of rotatable bonds is 2. The van der Waals surface area contributed by atoms with Crippen LogP contribution in [0.15, 0.2) is 33.6 Å². The highest BCUT2D eigenvalue weighted by Crippen LogP contribution is 2.43. The Labute approximate surface area is 152 Å². The lowest BCUT2D eigenvalue weighted by atomic mass is 9.78. The van der Waals surface area contributed by atoms with E-state index in [0.717, 1.165) is 5.56 Å². The lowest BCUT2D eigenvalue weighted by molar-refractivity contribution is 0.485. The van der Waals surface area contributed by atoms with Crippen LogP contribution in [0.5, 0.6) is 0 Å². The van der Waals surface area contributed by atoms with Gasteiger partial charge in [0.15, 0.2) is 0 Å². The van der Waals surface area contributed by atoms with Crippen LogP contribution >= 0.6 is 0 Å². The number of halogens is 1. The maximum atomic E-state index is 15.4. The van der Waals surface area contributed by atoms with Gasteiger partial charge in [0.25, 0.3) is 0 Å². The number of hydrogen-bond acceptors (Lipinski definition) is 5. The highest BCUT2D eigenvalue weighted by molar-refractivity contribution is 6.01. The van der Waals surface area contributed by atoms with Crippen LogP contribution in [0.1, 0.15) is 48.9 Å². The van der Waals surface area contributed by atoms with Gasteiger partial charge in [-0.1, -0.05) is 6.92 Å². The Hall–Kier alpha value is -3.12. The van der Waals surface area contributed by atoms with Gasteiger partial charge in [0.05, 0.1) is 35.7 Å². The first-order chi connectivity index (χ1) is 12.4. The molecule has 0 fully saturated rings. The smallest absolute Gasteiger partial charge is 0.130 e. The van der Waals surface area contributed by atoms with Crippen LogP contribution < -0.4 is 5.73 Å². The van der Waals surface area contributed by atoms with E-state index >= 15 is 4.39 Å². The number of nitrogens with zero attached hydrogens (tertiary/aromatic N) is 4. The molecule has 2 aliphatic heterocycles. The van der Waals surface area contributed by atoms with E-state index in [1.165, 1.54) is 0 Å². The van der Waals surface area contributed by atoms with Gasteiger partial charge in [0.1, 0.15) is 11.7 Å². The van der Waals surface area contributed by atoms with Crippen molar-refractivity contribution in [2.75, 3.05) is 7.05 Å². The van der Waals surface area contributed by atoms with Crippen LogP contribution in [0.3, 0.4) is 0 Å². The van der Waals surface area contributed by atoms with Gasteiger partial charge in [0.2, 0.25) is 0 Å². The van der Waals surface area contributed by atoms with E-state index in [2.05, 4.69) is 17.1 Å². The Morgan fingerprint density at radius 1 is 1.27 bits per heavy atom. The van der Waals surface area contributed by atoms with Crippen molar-refractivity contribution in [2.24, 2.45) is 10.7 Å². The number of fused-ring (bicyclic) bond motifs is 1. The lowest BCUT2D eigenvalue weighted by Gasteiger charge is -2.33. The van der Waals surface area contributed by atoms with Crippen molar-refractivity contribution in [3.05, 3.63) is 56.7 Å². The molecule has 26 heavy (non-hydrogen) atoms. The molecule has 1 aromatic rings. The normalized spacial score (nSPS) is 17.2. The predicted octanol–water partition coefficient (Wildman–Crippen LogP) is 3.23. The van der Waals surface area contributed by atoms with Crippen LogP contribution in [0.2, 0.25) is 0 Å². The van der Waals surface area contributed by atoms with E-state index in [0.29, 0.717) is 58.0 Å². The number of aliphatic imine (C=N–C) groups is 1. The molecule has 132 valence electrons. The van der Waals surface area contributed by atoms with Crippen molar-refractivity contribution in [3.63, 3.8) is 0 Å². The molecular formula is C20H20FN5. The second-order valence-corrected chi connectivity index (χ2v) is 6.55. The van der Waals surface area contributed by atoms with Crippen LogP contribution in [-0.4, -0.2) is 17.8 Å². The van der Waals surface area contributed by atoms with Gasteiger partial charge in [-0.15, -0.1) is 0 Å². The van der Waals surface area contributed by atoms with Crippen molar-refractivity contribution in [3.8, 4) is 12.1 Å². The maximum Gasteiger partial charge on any atom is 0.130 e. The molecule has 0 unspecified atom stereocenters. The van der Waals surface area contributed by atoms with Gasteiger partial charge in [-0.25, -0.2) is 4.39 Å². The van der Waals surface area contributed by atoms with E-state index in [-0.39, 0.29) is 5.82 Å². The minimum Gasteiger partial charge on any atom is -0.383 e. The van der Waals surface area contributed by atoms with E-state index in [1.54, 1.807) is 18.0 Å². The van der Waals surface area contributed by atoms with E-state index < -0.39 is 5.92 Å². The van der Waals surface area contributed by atoms with Gasteiger partial charge < -0.3 is 10.6 Å². The minimum absolute atomic E-state index is 0.320. The predicted molar refractivity (Wildman–Crippen MR) is 97.3 cm³/mol. The molecule has 0 saturated carbocycles. The molecule has 2 aliphatic rings. The van der Waals surface area contributed by atoms with Crippen LogP contribution in [0.25, 0.3) is 0 Å². The van der Waals surface area contributed by atoms with Crippen LogP contribution in [-0.2, 0) is 13.0 Å². The second kappa shape index (κ2) is 6.31. The zero-order chi connectivity index (χ0) is 19.2. The number of nitriles is 2. The Bertz CT molecular complexity index is 947. The Kier molecular flexibility index (Phi) is 4.29. The molecule has 0 amide bonds. The molecule has 0 saturated heterocycles. The Morgan fingerprint density at radius 2 is 1.85 bits per heavy atom. The molecule has 0 bridgehead atoms. The third-order valence-electron chi connectivity index (χ3n) is 5.46. The number of benzene rings is 1. The van der Waals surface area contributed by atoms with Gasteiger partial charge in [-0.3, -0.25) is 4.99 Å².